The molecule has 2 aliphatic heterocycles. The molecule has 1 aromatic heterocycles. The SMILES string of the molecule is COc1cc(OC)c(F)c(N2Cc3cnc4c(c3N(C)C2=O)C(Br)(Br)C(=O)N4)c1F. The van der Waals surface area contributed by atoms with Gasteiger partial charge in [-0.05, 0) is 0 Å². The minimum absolute atomic E-state index is 0.187. The Hall–Kier alpha value is -2.47. The van der Waals surface area contributed by atoms with E-state index in [0.29, 0.717) is 16.8 Å². The van der Waals surface area contributed by atoms with E-state index < -0.39 is 32.5 Å². The van der Waals surface area contributed by atoms with Gasteiger partial charge in [0.2, 0.25) is 0 Å². The van der Waals surface area contributed by atoms with Gasteiger partial charge < -0.3 is 14.8 Å². The molecule has 0 atom stereocenters. The number of urea groups is 1. The highest BCUT2D eigenvalue weighted by Crippen LogP contribution is 2.53. The Morgan fingerprint density at radius 3 is 2.30 bits per heavy atom. The van der Waals surface area contributed by atoms with Crippen LogP contribution in [0.5, 0.6) is 11.5 Å². The van der Waals surface area contributed by atoms with Crippen LogP contribution in [-0.4, -0.2) is 38.2 Å². The normalized spacial score (nSPS) is 16.9. The Labute approximate surface area is 186 Å². The molecule has 4 rings (SSSR count). The van der Waals surface area contributed by atoms with Gasteiger partial charge in [0.15, 0.2) is 26.4 Å². The maximum Gasteiger partial charge on any atom is 0.329 e. The Morgan fingerprint density at radius 1 is 1.13 bits per heavy atom. The van der Waals surface area contributed by atoms with Crippen LogP contribution in [0.25, 0.3) is 0 Å². The highest BCUT2D eigenvalue weighted by Gasteiger charge is 2.49. The Bertz CT molecular complexity index is 1080. The lowest BCUT2D eigenvalue weighted by Crippen LogP contribution is -2.47. The van der Waals surface area contributed by atoms with Crippen molar-refractivity contribution in [3.63, 3.8) is 0 Å². The maximum absolute atomic E-state index is 15.0. The number of amides is 3. The van der Waals surface area contributed by atoms with Crippen LogP contribution in [0, 0.1) is 11.6 Å². The van der Waals surface area contributed by atoms with Crippen LogP contribution in [0.3, 0.4) is 0 Å². The quantitative estimate of drug-likeness (QED) is 0.590. The average molecular weight is 548 g/mol. The number of carbonyl (C=O) groups excluding carboxylic acids is 2. The fourth-order valence-corrected chi connectivity index (χ4v) is 4.48. The summed E-state index contributed by atoms with van der Waals surface area (Å²) < 4.78 is 38.6. The number of anilines is 3. The van der Waals surface area contributed by atoms with Crippen LogP contribution >= 0.6 is 31.9 Å². The standard InChI is InChI=1S/C18H14Br2F2N4O4/c1-25-13-7(5-23-15-10(13)18(19,20)16(27)24-15)6-26(17(25)28)14-11(21)8(29-2)4-9(30-3)12(14)22/h4-5H,6H2,1-3H3,(H,23,24,27). The van der Waals surface area contributed by atoms with E-state index in [9.17, 15) is 18.4 Å². The zero-order chi connectivity index (χ0) is 22.0. The number of nitrogens with one attached hydrogen (secondary N) is 1. The summed E-state index contributed by atoms with van der Waals surface area (Å²) in [5.41, 5.74) is 0.692. The van der Waals surface area contributed by atoms with Crippen LogP contribution in [0.4, 0.5) is 30.8 Å². The van der Waals surface area contributed by atoms with E-state index in [0.717, 1.165) is 11.0 Å². The lowest BCUT2D eigenvalue weighted by atomic mass is 10.0. The summed E-state index contributed by atoms with van der Waals surface area (Å²) in [6, 6.07) is 0.356. The topological polar surface area (TPSA) is 84.0 Å². The van der Waals surface area contributed by atoms with Crippen LogP contribution in [0.15, 0.2) is 12.3 Å². The van der Waals surface area contributed by atoms with Gasteiger partial charge in [-0.1, -0.05) is 31.9 Å². The summed E-state index contributed by atoms with van der Waals surface area (Å²) in [5.74, 6) is -2.75. The minimum atomic E-state index is -1.29. The molecule has 3 amide bonds. The highest BCUT2D eigenvalue weighted by atomic mass is 79.9. The summed E-state index contributed by atoms with van der Waals surface area (Å²) in [4.78, 5) is 31.8. The first kappa shape index (κ1) is 20.8. The van der Waals surface area contributed by atoms with E-state index >= 15 is 0 Å². The first-order valence-corrected chi connectivity index (χ1v) is 10.1. The lowest BCUT2D eigenvalue weighted by molar-refractivity contribution is -0.115. The summed E-state index contributed by atoms with van der Waals surface area (Å²) in [7, 11) is 3.89. The van der Waals surface area contributed by atoms with Crippen LogP contribution in [0.2, 0.25) is 0 Å². The third-order valence-corrected chi connectivity index (χ3v) is 6.47. The average Bonchev–Trinajstić information content (AvgIpc) is 2.94. The molecule has 0 spiro atoms. The molecule has 0 saturated carbocycles. The van der Waals surface area contributed by atoms with E-state index in [1.807, 2.05) is 0 Å². The highest BCUT2D eigenvalue weighted by molar-refractivity contribution is 9.25. The number of hydrogen-bond acceptors (Lipinski definition) is 5. The molecular formula is C18H14Br2F2N4O4. The summed E-state index contributed by atoms with van der Waals surface area (Å²) in [5, 5.41) is 2.62. The van der Waals surface area contributed by atoms with Gasteiger partial charge >= 0.3 is 6.03 Å². The third kappa shape index (κ3) is 2.77. The van der Waals surface area contributed by atoms with Gasteiger partial charge in [-0.2, -0.15) is 0 Å². The summed E-state index contributed by atoms with van der Waals surface area (Å²) >= 11 is 6.63. The summed E-state index contributed by atoms with van der Waals surface area (Å²) in [6.07, 6.45) is 1.44. The van der Waals surface area contributed by atoms with Gasteiger partial charge in [-0.3, -0.25) is 14.6 Å². The second kappa shape index (κ2) is 7.05. The van der Waals surface area contributed by atoms with Gasteiger partial charge in [0.05, 0.1) is 32.0 Å². The number of nitrogens with zero attached hydrogens (tertiary/aromatic N) is 3. The molecule has 0 aliphatic carbocycles. The molecule has 8 nitrogen and oxygen atoms in total. The number of alkyl halides is 2. The second-order valence-corrected chi connectivity index (χ2v) is 10.0. The van der Waals surface area contributed by atoms with Gasteiger partial charge in [0.25, 0.3) is 5.91 Å². The maximum atomic E-state index is 15.0. The molecule has 1 N–H and O–H groups in total. The van der Waals surface area contributed by atoms with Crippen molar-refractivity contribution in [3.8, 4) is 11.5 Å². The number of ether oxygens (including phenoxy) is 2. The zero-order valence-electron chi connectivity index (χ0n) is 15.8. The smallest absolute Gasteiger partial charge is 0.329 e. The fraction of sp³-hybridized carbons (Fsp3) is 0.278. The lowest BCUT2D eigenvalue weighted by Gasteiger charge is -2.37. The van der Waals surface area contributed by atoms with Crippen molar-refractivity contribution >= 4 is 61.0 Å². The van der Waals surface area contributed by atoms with Gasteiger partial charge in [0.1, 0.15) is 11.5 Å². The van der Waals surface area contributed by atoms with Crippen molar-refractivity contribution in [2.24, 2.45) is 0 Å². The van der Waals surface area contributed by atoms with Gasteiger partial charge in [0, 0.05) is 24.9 Å². The molecule has 0 radical (unpaired) electrons. The monoisotopic (exact) mass is 546 g/mol. The van der Waals surface area contributed by atoms with E-state index in [-0.39, 0.29) is 23.9 Å². The molecular weight excluding hydrogens is 534 g/mol. The van der Waals surface area contributed by atoms with Crippen molar-refractivity contribution in [1.29, 1.82) is 0 Å². The van der Waals surface area contributed by atoms with E-state index in [1.165, 1.54) is 32.4 Å². The molecule has 1 aromatic carbocycles. The number of halogens is 4. The predicted octanol–water partition coefficient (Wildman–Crippen LogP) is 3.85. The Kier molecular flexibility index (Phi) is 4.88. The first-order chi connectivity index (χ1) is 14.1. The number of hydrogen-bond donors (Lipinski definition) is 1. The van der Waals surface area contributed by atoms with Crippen molar-refractivity contribution in [3.05, 3.63) is 35.0 Å². The first-order valence-electron chi connectivity index (χ1n) is 8.50. The van der Waals surface area contributed by atoms with Crippen molar-refractivity contribution in [2.75, 3.05) is 36.4 Å². The van der Waals surface area contributed by atoms with E-state index in [1.54, 1.807) is 0 Å². The number of methoxy groups -OCH3 is 2. The van der Waals surface area contributed by atoms with Crippen LogP contribution in [0.1, 0.15) is 11.1 Å². The van der Waals surface area contributed by atoms with Crippen molar-refractivity contribution in [1.82, 2.24) is 4.98 Å². The molecule has 0 unspecified atom stereocenters. The van der Waals surface area contributed by atoms with Gasteiger partial charge in [-0.15, -0.1) is 0 Å². The van der Waals surface area contributed by atoms with Gasteiger partial charge in [-0.25, -0.2) is 18.6 Å². The number of fused-ring (bicyclic) bond motifs is 3. The van der Waals surface area contributed by atoms with E-state index in [2.05, 4.69) is 42.2 Å². The second-order valence-electron chi connectivity index (χ2n) is 6.57. The Morgan fingerprint density at radius 2 is 1.73 bits per heavy atom. The molecule has 30 heavy (non-hydrogen) atoms. The summed E-state index contributed by atoms with van der Waals surface area (Å²) in [6.45, 7) is -0.187. The van der Waals surface area contributed by atoms with Crippen molar-refractivity contribution < 1.29 is 27.8 Å². The van der Waals surface area contributed by atoms with Crippen LogP contribution in [-0.2, 0) is 14.6 Å². The Balaban J connectivity index is 1.90. The van der Waals surface area contributed by atoms with Crippen molar-refractivity contribution in [2.45, 2.75) is 9.78 Å². The molecule has 0 saturated heterocycles. The third-order valence-electron chi connectivity index (χ3n) is 4.96. The van der Waals surface area contributed by atoms with E-state index in [4.69, 9.17) is 9.47 Å². The molecule has 0 bridgehead atoms. The van der Waals surface area contributed by atoms with Crippen LogP contribution < -0.4 is 24.6 Å². The molecule has 12 heteroatoms. The molecule has 3 heterocycles. The predicted molar refractivity (Wildman–Crippen MR) is 112 cm³/mol. The number of rotatable bonds is 3. The minimum Gasteiger partial charge on any atom is -0.493 e. The molecule has 2 aliphatic rings. The fourth-order valence-electron chi connectivity index (χ4n) is 3.53. The largest absolute Gasteiger partial charge is 0.493 e. The number of pyridine rings is 1. The number of carbonyl (C=O) groups is 2. The molecule has 2 aromatic rings. The number of aromatic nitrogens is 1. The number of benzene rings is 1. The molecule has 158 valence electrons. The molecule has 0 fully saturated rings. The zero-order valence-corrected chi connectivity index (χ0v) is 19.0.